The minimum atomic E-state index is 0.473. The molecule has 0 atom stereocenters. The fraction of sp³-hybridized carbons (Fsp3) is 0.611. The Hall–Kier alpha value is -1.51. The van der Waals surface area contributed by atoms with Crippen LogP contribution in [0.3, 0.4) is 0 Å². The van der Waals surface area contributed by atoms with Crippen LogP contribution in [-0.2, 0) is 0 Å². The molecule has 114 valence electrons. The van der Waals surface area contributed by atoms with Crippen LogP contribution in [0.5, 0.6) is 0 Å². The molecule has 3 nitrogen and oxygen atoms in total. The second-order valence-corrected chi connectivity index (χ2v) is 7.60. The summed E-state index contributed by atoms with van der Waals surface area (Å²) in [5, 5.41) is 12.0. The smallest absolute Gasteiger partial charge is 0.0671 e. The fourth-order valence-corrected chi connectivity index (χ4v) is 3.61. The molecule has 1 aliphatic carbocycles. The largest absolute Gasteiger partial charge is 0.384 e. The van der Waals surface area contributed by atoms with E-state index in [1.165, 1.54) is 36.8 Å². The summed E-state index contributed by atoms with van der Waals surface area (Å²) < 4.78 is 0. The molecule has 1 heterocycles. The van der Waals surface area contributed by atoms with Crippen LogP contribution in [0, 0.1) is 17.3 Å². The molecule has 0 saturated heterocycles. The van der Waals surface area contributed by atoms with Gasteiger partial charge in [-0.3, -0.25) is 5.10 Å². The minimum absolute atomic E-state index is 0.473. The lowest BCUT2D eigenvalue weighted by Gasteiger charge is -2.37. The Morgan fingerprint density at radius 1 is 1.19 bits per heavy atom. The molecular formula is C18H27N3. The second-order valence-electron chi connectivity index (χ2n) is 7.60. The Kier molecular flexibility index (Phi) is 3.92. The zero-order valence-electron chi connectivity index (χ0n) is 13.4. The van der Waals surface area contributed by atoms with Gasteiger partial charge in [0.05, 0.1) is 11.7 Å². The number of aromatic amines is 1. The zero-order chi connectivity index (χ0) is 14.9. The molecule has 1 fully saturated rings. The third kappa shape index (κ3) is 3.22. The van der Waals surface area contributed by atoms with Gasteiger partial charge in [-0.1, -0.05) is 26.8 Å². The normalized spacial score (nSPS) is 23.4. The average molecular weight is 285 g/mol. The van der Waals surface area contributed by atoms with Crippen molar-refractivity contribution in [2.75, 3.05) is 11.9 Å². The molecule has 2 N–H and O–H groups in total. The number of hydrogen-bond donors (Lipinski definition) is 2. The summed E-state index contributed by atoms with van der Waals surface area (Å²) in [5.41, 5.74) is 2.79. The summed E-state index contributed by atoms with van der Waals surface area (Å²) in [4.78, 5) is 0. The van der Waals surface area contributed by atoms with E-state index in [1.807, 2.05) is 6.20 Å². The fourth-order valence-electron chi connectivity index (χ4n) is 3.61. The van der Waals surface area contributed by atoms with E-state index in [2.05, 4.69) is 54.5 Å². The summed E-state index contributed by atoms with van der Waals surface area (Å²) in [6.45, 7) is 8.24. The molecule has 2 aromatic rings. The molecule has 3 heteroatoms. The molecule has 0 amide bonds. The molecule has 3 rings (SSSR count). The monoisotopic (exact) mass is 285 g/mol. The van der Waals surface area contributed by atoms with E-state index in [4.69, 9.17) is 0 Å². The topological polar surface area (TPSA) is 40.7 Å². The van der Waals surface area contributed by atoms with Gasteiger partial charge in [0.1, 0.15) is 0 Å². The average Bonchev–Trinajstić information content (AvgIpc) is 2.93. The van der Waals surface area contributed by atoms with Crippen molar-refractivity contribution < 1.29 is 0 Å². The number of benzene rings is 1. The van der Waals surface area contributed by atoms with E-state index in [0.717, 1.165) is 23.9 Å². The maximum Gasteiger partial charge on any atom is 0.0671 e. The van der Waals surface area contributed by atoms with Gasteiger partial charge in [-0.25, -0.2) is 0 Å². The highest BCUT2D eigenvalue weighted by Gasteiger charge is 2.29. The van der Waals surface area contributed by atoms with Crippen LogP contribution >= 0.6 is 0 Å². The van der Waals surface area contributed by atoms with Crippen molar-refractivity contribution >= 4 is 16.6 Å². The van der Waals surface area contributed by atoms with Gasteiger partial charge in [0.2, 0.25) is 0 Å². The van der Waals surface area contributed by atoms with Crippen molar-refractivity contribution in [3.05, 3.63) is 24.4 Å². The van der Waals surface area contributed by atoms with Gasteiger partial charge < -0.3 is 5.32 Å². The van der Waals surface area contributed by atoms with Crippen LogP contribution in [0.15, 0.2) is 24.4 Å². The van der Waals surface area contributed by atoms with Crippen molar-refractivity contribution in [1.82, 2.24) is 10.2 Å². The minimum Gasteiger partial charge on any atom is -0.384 e. The lowest BCUT2D eigenvalue weighted by molar-refractivity contribution is 0.153. The Balaban J connectivity index is 1.56. The van der Waals surface area contributed by atoms with E-state index >= 15 is 0 Å². The van der Waals surface area contributed by atoms with Crippen molar-refractivity contribution in [3.63, 3.8) is 0 Å². The van der Waals surface area contributed by atoms with Crippen molar-refractivity contribution in [2.24, 2.45) is 17.3 Å². The van der Waals surface area contributed by atoms with Gasteiger partial charge in [-0.15, -0.1) is 0 Å². The van der Waals surface area contributed by atoms with E-state index < -0.39 is 0 Å². The van der Waals surface area contributed by atoms with E-state index in [0.29, 0.717) is 5.41 Å². The lowest BCUT2D eigenvalue weighted by atomic mass is 9.70. The van der Waals surface area contributed by atoms with Gasteiger partial charge in [0.25, 0.3) is 0 Å². The Bertz CT molecular complexity index is 586. The molecule has 0 aliphatic heterocycles. The summed E-state index contributed by atoms with van der Waals surface area (Å²) in [7, 11) is 0. The molecule has 0 bridgehead atoms. The van der Waals surface area contributed by atoms with E-state index in [1.54, 1.807) is 0 Å². The molecule has 1 aromatic heterocycles. The maximum atomic E-state index is 4.13. The van der Waals surface area contributed by atoms with Crippen LogP contribution in [0.25, 0.3) is 10.9 Å². The van der Waals surface area contributed by atoms with Gasteiger partial charge in [0, 0.05) is 17.6 Å². The summed E-state index contributed by atoms with van der Waals surface area (Å²) in [5.74, 6) is 1.71. The van der Waals surface area contributed by atoms with Crippen LogP contribution in [0.2, 0.25) is 0 Å². The molecule has 0 unspecified atom stereocenters. The maximum absolute atomic E-state index is 4.13. The predicted molar refractivity (Wildman–Crippen MR) is 89.5 cm³/mol. The van der Waals surface area contributed by atoms with Crippen molar-refractivity contribution in [2.45, 2.75) is 46.5 Å². The summed E-state index contributed by atoms with van der Waals surface area (Å²) in [6, 6.07) is 6.31. The highest BCUT2D eigenvalue weighted by Crippen LogP contribution is 2.39. The number of hydrogen-bond acceptors (Lipinski definition) is 2. The van der Waals surface area contributed by atoms with Crippen LogP contribution in [-0.4, -0.2) is 16.7 Å². The molecule has 1 aliphatic rings. The standard InChI is InChI=1S/C18H27N3/c1-18(2,3)14-9-7-13(8-10-14)11-19-16-5-4-6-17-15(16)12-20-21-17/h4-6,12-14,19H,7-11H2,1-3H3,(H,20,21). The Morgan fingerprint density at radius 2 is 1.95 bits per heavy atom. The van der Waals surface area contributed by atoms with Crippen molar-refractivity contribution in [1.29, 1.82) is 0 Å². The molecule has 0 spiro atoms. The number of H-pyrrole nitrogens is 1. The third-order valence-corrected chi connectivity index (χ3v) is 5.14. The Labute approximate surface area is 127 Å². The number of aromatic nitrogens is 2. The van der Waals surface area contributed by atoms with Crippen LogP contribution in [0.1, 0.15) is 46.5 Å². The molecule has 21 heavy (non-hydrogen) atoms. The first-order valence-corrected chi connectivity index (χ1v) is 8.20. The van der Waals surface area contributed by atoms with Crippen LogP contribution < -0.4 is 5.32 Å². The van der Waals surface area contributed by atoms with Gasteiger partial charge >= 0.3 is 0 Å². The first-order chi connectivity index (χ1) is 10.0. The summed E-state index contributed by atoms with van der Waals surface area (Å²) >= 11 is 0. The number of fused-ring (bicyclic) bond motifs is 1. The molecular weight excluding hydrogens is 258 g/mol. The highest BCUT2D eigenvalue weighted by molar-refractivity contribution is 5.90. The van der Waals surface area contributed by atoms with Gasteiger partial charge in [-0.05, 0) is 55.1 Å². The number of rotatable bonds is 3. The molecule has 1 saturated carbocycles. The quantitative estimate of drug-likeness (QED) is 0.848. The zero-order valence-corrected chi connectivity index (χ0v) is 13.4. The predicted octanol–water partition coefficient (Wildman–Crippen LogP) is 4.83. The number of nitrogens with one attached hydrogen (secondary N) is 2. The SMILES string of the molecule is CC(C)(C)C1CCC(CNc2cccc3[nH]ncc23)CC1. The van der Waals surface area contributed by atoms with Crippen molar-refractivity contribution in [3.8, 4) is 0 Å². The Morgan fingerprint density at radius 3 is 2.67 bits per heavy atom. The van der Waals surface area contributed by atoms with E-state index in [9.17, 15) is 0 Å². The molecule has 0 radical (unpaired) electrons. The van der Waals surface area contributed by atoms with Gasteiger partial charge in [0.15, 0.2) is 0 Å². The lowest BCUT2D eigenvalue weighted by Crippen LogP contribution is -2.28. The van der Waals surface area contributed by atoms with Crippen LogP contribution in [0.4, 0.5) is 5.69 Å². The number of anilines is 1. The highest BCUT2D eigenvalue weighted by atomic mass is 15.1. The third-order valence-electron chi connectivity index (χ3n) is 5.14. The first kappa shape index (κ1) is 14.4. The second kappa shape index (κ2) is 5.70. The number of nitrogens with zero attached hydrogens (tertiary/aromatic N) is 1. The summed E-state index contributed by atoms with van der Waals surface area (Å²) in [6.07, 6.45) is 7.39. The molecule has 1 aromatic carbocycles. The first-order valence-electron chi connectivity index (χ1n) is 8.20. The van der Waals surface area contributed by atoms with Gasteiger partial charge in [-0.2, -0.15) is 5.10 Å². The van der Waals surface area contributed by atoms with E-state index in [-0.39, 0.29) is 0 Å².